The van der Waals surface area contributed by atoms with Crippen molar-refractivity contribution in [3.8, 4) is 0 Å². The molecule has 0 aliphatic rings. The van der Waals surface area contributed by atoms with E-state index >= 15 is 0 Å². The largest absolute Gasteiger partial charge is 0.418 e. The van der Waals surface area contributed by atoms with Gasteiger partial charge in [0.25, 0.3) is 0 Å². The molecule has 0 bridgehead atoms. The van der Waals surface area contributed by atoms with Gasteiger partial charge in [-0.15, -0.1) is 0 Å². The summed E-state index contributed by atoms with van der Waals surface area (Å²) in [5.41, 5.74) is 0. The van der Waals surface area contributed by atoms with Gasteiger partial charge in [-0.25, -0.2) is 0 Å². The third-order valence-electron chi connectivity index (χ3n) is 5.73. The molecule has 0 aliphatic heterocycles. The van der Waals surface area contributed by atoms with E-state index in [1.165, 1.54) is 0 Å². The van der Waals surface area contributed by atoms with Gasteiger partial charge in [0.1, 0.15) is 0 Å². The van der Waals surface area contributed by atoms with Crippen LogP contribution in [0.1, 0.15) is 26.7 Å². The van der Waals surface area contributed by atoms with Crippen LogP contribution in [-0.2, 0) is 18.3 Å². The molecule has 0 heterocycles. The summed E-state index contributed by atoms with van der Waals surface area (Å²) in [4.78, 5) is 4.20. The van der Waals surface area contributed by atoms with Gasteiger partial charge in [0.2, 0.25) is 0 Å². The molecular formula is C24H56N2O6Si2. The van der Waals surface area contributed by atoms with Crippen LogP contribution >= 0.6 is 0 Å². The number of nitrogens with zero attached hydrogens (tertiary/aromatic N) is 2. The van der Waals surface area contributed by atoms with Crippen molar-refractivity contribution in [2.24, 2.45) is 0 Å². The number of hydrogen-bond donors (Lipinski definition) is 2. The lowest BCUT2D eigenvalue weighted by molar-refractivity contribution is 0.0130. The van der Waals surface area contributed by atoms with Crippen LogP contribution in [0.3, 0.4) is 0 Å². The van der Waals surface area contributed by atoms with Crippen molar-refractivity contribution in [1.82, 2.24) is 9.80 Å². The fourth-order valence-corrected chi connectivity index (χ4v) is 7.76. The lowest BCUT2D eigenvalue weighted by atomic mass is 10.3. The molecule has 0 rings (SSSR count). The number of aliphatic hydroxyl groups excluding tert-OH is 2. The first kappa shape index (κ1) is 34.1. The highest BCUT2D eigenvalue weighted by molar-refractivity contribution is 6.71. The van der Waals surface area contributed by atoms with Gasteiger partial charge in [-0.1, -0.05) is 0 Å². The molecule has 34 heavy (non-hydrogen) atoms. The van der Waals surface area contributed by atoms with E-state index in [1.807, 2.05) is 27.9 Å². The smallest absolute Gasteiger partial charge is 0.186 e. The Morgan fingerprint density at radius 3 is 1.35 bits per heavy atom. The predicted octanol–water partition coefficient (Wildman–Crippen LogP) is 2.87. The lowest BCUT2D eigenvalue weighted by Gasteiger charge is -2.25. The lowest BCUT2D eigenvalue weighted by Crippen LogP contribution is -2.39. The zero-order valence-corrected chi connectivity index (χ0v) is 25.5. The van der Waals surface area contributed by atoms with E-state index in [4.69, 9.17) is 18.3 Å². The third-order valence-corrected chi connectivity index (χ3v) is 11.0. The van der Waals surface area contributed by atoms with E-state index < -0.39 is 28.8 Å². The second-order valence-corrected chi connectivity index (χ2v) is 19.2. The zero-order valence-electron chi connectivity index (χ0n) is 23.5. The van der Waals surface area contributed by atoms with Crippen LogP contribution in [0.2, 0.25) is 38.3 Å². The molecule has 0 spiro atoms. The molecule has 0 fully saturated rings. The Balaban J connectivity index is 3.81. The summed E-state index contributed by atoms with van der Waals surface area (Å²) >= 11 is 0. The number of likely N-dealkylation sites (N-methyl/N-ethyl adjacent to an activating group) is 2. The highest BCUT2D eigenvalue weighted by Gasteiger charge is 2.21. The molecule has 206 valence electrons. The maximum Gasteiger partial charge on any atom is 0.186 e. The fourth-order valence-electron chi connectivity index (χ4n) is 3.91. The van der Waals surface area contributed by atoms with Gasteiger partial charge in [0.15, 0.2) is 16.6 Å². The Hall–Kier alpha value is 0.114. The highest BCUT2D eigenvalue weighted by atomic mass is 28.4. The normalized spacial score (nSPS) is 14.8. The van der Waals surface area contributed by atoms with Crippen LogP contribution in [0.15, 0.2) is 0 Å². The Morgan fingerprint density at radius 1 is 0.676 bits per heavy atom. The molecule has 0 amide bonds. The van der Waals surface area contributed by atoms with E-state index in [-0.39, 0.29) is 0 Å². The van der Waals surface area contributed by atoms with Crippen molar-refractivity contribution < 1.29 is 28.5 Å². The number of hydrogen-bond acceptors (Lipinski definition) is 8. The summed E-state index contributed by atoms with van der Waals surface area (Å²) in [6, 6.07) is 2.15. The minimum Gasteiger partial charge on any atom is -0.418 e. The second kappa shape index (κ2) is 19.3. The first-order valence-corrected chi connectivity index (χ1v) is 19.3. The zero-order chi connectivity index (χ0) is 26.0. The molecule has 8 nitrogen and oxygen atoms in total. The molecule has 0 aliphatic carbocycles. The molecule has 0 saturated heterocycles. The van der Waals surface area contributed by atoms with Gasteiger partial charge in [-0.3, -0.25) is 0 Å². The van der Waals surface area contributed by atoms with Crippen molar-refractivity contribution in [3.63, 3.8) is 0 Å². The quantitative estimate of drug-likeness (QED) is 0.156. The van der Waals surface area contributed by atoms with E-state index in [1.54, 1.807) is 0 Å². The summed E-state index contributed by atoms with van der Waals surface area (Å²) < 4.78 is 23.0. The van der Waals surface area contributed by atoms with Gasteiger partial charge >= 0.3 is 0 Å². The molecule has 0 aromatic carbocycles. The molecule has 2 unspecified atom stereocenters. The second-order valence-electron chi connectivity index (χ2n) is 10.6. The number of ether oxygens (including phenoxy) is 2. The molecule has 0 aromatic rings. The Bertz CT molecular complexity index is 446. The average molecular weight is 525 g/mol. The molecule has 2 atom stereocenters. The van der Waals surface area contributed by atoms with Gasteiger partial charge < -0.3 is 38.3 Å². The minimum atomic E-state index is -1.55. The Labute approximate surface area is 212 Å². The topological polar surface area (TPSA) is 83.9 Å². The molecule has 2 N–H and O–H groups in total. The number of aliphatic hydroxyl groups is 2. The molecular weight excluding hydrogens is 468 g/mol. The molecule has 0 radical (unpaired) electrons. The van der Waals surface area contributed by atoms with Crippen molar-refractivity contribution in [3.05, 3.63) is 0 Å². The maximum atomic E-state index is 10.2. The molecule has 0 aromatic heterocycles. The van der Waals surface area contributed by atoms with Crippen molar-refractivity contribution in [2.75, 3.05) is 79.9 Å². The Kier molecular flexibility index (Phi) is 19.3. The third kappa shape index (κ3) is 20.3. The van der Waals surface area contributed by atoms with Gasteiger partial charge in [-0.05, 0) is 79.1 Å². The molecule has 10 heteroatoms. The van der Waals surface area contributed by atoms with E-state index in [2.05, 4.69) is 36.0 Å². The summed E-state index contributed by atoms with van der Waals surface area (Å²) in [7, 11) is 0.908. The fraction of sp³-hybridized carbons (Fsp3) is 1.00. The summed E-state index contributed by atoms with van der Waals surface area (Å²) in [5.74, 6) is 0. The first-order valence-electron chi connectivity index (χ1n) is 13.1. The SMILES string of the molecule is CCO[Si](C)(C)CCCOCC(O)CN(C)CCN(C)CC(O)COCCC[Si](C)(C)OCC. The van der Waals surface area contributed by atoms with E-state index in [0.717, 1.165) is 51.2 Å². The van der Waals surface area contributed by atoms with Gasteiger partial charge in [-0.2, -0.15) is 0 Å². The predicted molar refractivity (Wildman–Crippen MR) is 146 cm³/mol. The van der Waals surface area contributed by atoms with Crippen LogP contribution in [0, 0.1) is 0 Å². The van der Waals surface area contributed by atoms with Crippen LogP contribution in [0.25, 0.3) is 0 Å². The van der Waals surface area contributed by atoms with E-state index in [9.17, 15) is 10.2 Å². The van der Waals surface area contributed by atoms with Crippen LogP contribution in [0.5, 0.6) is 0 Å². The van der Waals surface area contributed by atoms with E-state index in [0.29, 0.717) is 39.5 Å². The first-order chi connectivity index (χ1) is 15.9. The Morgan fingerprint density at radius 2 is 1.03 bits per heavy atom. The van der Waals surface area contributed by atoms with Crippen molar-refractivity contribution in [1.29, 1.82) is 0 Å². The van der Waals surface area contributed by atoms with Crippen LogP contribution < -0.4 is 0 Å². The minimum absolute atomic E-state index is 0.358. The highest BCUT2D eigenvalue weighted by Crippen LogP contribution is 2.14. The van der Waals surface area contributed by atoms with Crippen LogP contribution in [0.4, 0.5) is 0 Å². The van der Waals surface area contributed by atoms with Gasteiger partial charge in [0, 0.05) is 52.6 Å². The van der Waals surface area contributed by atoms with Crippen LogP contribution in [-0.4, -0.2) is 129 Å². The maximum absolute atomic E-state index is 10.2. The molecule has 0 saturated carbocycles. The summed E-state index contributed by atoms with van der Waals surface area (Å²) in [6.45, 7) is 19.4. The standard InChI is InChI=1S/C24H56N2O6Si2/c1-9-31-33(5,6)17-11-15-29-21-23(27)19-25(3)13-14-26(4)20-24(28)22-30-16-12-18-34(7,8)32-10-2/h23-24,27-28H,9-22H2,1-8H3. The van der Waals surface area contributed by atoms with Crippen molar-refractivity contribution in [2.45, 2.75) is 77.2 Å². The van der Waals surface area contributed by atoms with Gasteiger partial charge in [0.05, 0.1) is 25.4 Å². The summed E-state index contributed by atoms with van der Waals surface area (Å²) in [6.07, 6.45) is 0.960. The number of rotatable bonds is 23. The van der Waals surface area contributed by atoms with Crippen molar-refractivity contribution >= 4 is 16.6 Å². The monoisotopic (exact) mass is 524 g/mol. The average Bonchev–Trinajstić information content (AvgIpc) is 2.71. The summed E-state index contributed by atoms with van der Waals surface area (Å²) in [5, 5.41) is 20.5.